The Kier molecular flexibility index (Phi) is 9.01. The molecule has 1 atom stereocenters. The summed E-state index contributed by atoms with van der Waals surface area (Å²) in [5.41, 5.74) is 1.21. The lowest BCUT2D eigenvalue weighted by Gasteiger charge is -2.33. The van der Waals surface area contributed by atoms with Gasteiger partial charge < -0.3 is 10.6 Å². The van der Waals surface area contributed by atoms with E-state index in [0.29, 0.717) is 13.1 Å². The zero-order valence-electron chi connectivity index (χ0n) is 16.5. The van der Waals surface area contributed by atoms with E-state index in [2.05, 4.69) is 44.7 Å². The molecule has 0 aliphatic carbocycles. The van der Waals surface area contributed by atoms with Crippen molar-refractivity contribution >= 4 is 17.9 Å². The SMILES string of the molecule is CCCNC(=O)[C@H](C)NC(=O)CN1CCN(C/C=C/c2ccccc2)CC1. The highest BCUT2D eigenvalue weighted by molar-refractivity contribution is 5.87. The van der Waals surface area contributed by atoms with Gasteiger partial charge in [-0.3, -0.25) is 19.4 Å². The Morgan fingerprint density at radius 1 is 1.11 bits per heavy atom. The van der Waals surface area contributed by atoms with Crippen molar-refractivity contribution in [2.24, 2.45) is 0 Å². The molecule has 1 aliphatic heterocycles. The first-order valence-electron chi connectivity index (χ1n) is 9.82. The summed E-state index contributed by atoms with van der Waals surface area (Å²) in [5, 5.41) is 5.58. The number of hydrogen-bond donors (Lipinski definition) is 2. The van der Waals surface area contributed by atoms with Crippen molar-refractivity contribution in [3.63, 3.8) is 0 Å². The van der Waals surface area contributed by atoms with Crippen molar-refractivity contribution < 1.29 is 9.59 Å². The maximum absolute atomic E-state index is 12.2. The topological polar surface area (TPSA) is 64.7 Å². The summed E-state index contributed by atoms with van der Waals surface area (Å²) in [6.45, 7) is 9.24. The highest BCUT2D eigenvalue weighted by atomic mass is 16.2. The predicted molar refractivity (Wildman–Crippen MR) is 109 cm³/mol. The van der Waals surface area contributed by atoms with E-state index in [1.165, 1.54) is 5.56 Å². The van der Waals surface area contributed by atoms with Crippen molar-refractivity contribution in [2.75, 3.05) is 45.8 Å². The molecule has 2 rings (SSSR count). The van der Waals surface area contributed by atoms with Crippen LogP contribution in [0.15, 0.2) is 36.4 Å². The van der Waals surface area contributed by atoms with Gasteiger partial charge in [0.2, 0.25) is 11.8 Å². The van der Waals surface area contributed by atoms with Gasteiger partial charge >= 0.3 is 0 Å². The Labute approximate surface area is 162 Å². The maximum atomic E-state index is 12.2. The van der Waals surface area contributed by atoms with E-state index in [4.69, 9.17) is 0 Å². The van der Waals surface area contributed by atoms with E-state index in [1.807, 2.05) is 25.1 Å². The monoisotopic (exact) mass is 372 g/mol. The molecule has 6 nitrogen and oxygen atoms in total. The minimum Gasteiger partial charge on any atom is -0.354 e. The van der Waals surface area contributed by atoms with Crippen LogP contribution in [0.25, 0.3) is 6.08 Å². The predicted octanol–water partition coefficient (Wildman–Crippen LogP) is 1.35. The van der Waals surface area contributed by atoms with E-state index in [0.717, 1.165) is 39.1 Å². The second-order valence-corrected chi connectivity index (χ2v) is 6.97. The minimum absolute atomic E-state index is 0.0911. The summed E-state index contributed by atoms with van der Waals surface area (Å²) >= 11 is 0. The lowest BCUT2D eigenvalue weighted by molar-refractivity contribution is -0.129. The molecular weight excluding hydrogens is 340 g/mol. The van der Waals surface area contributed by atoms with Crippen LogP contribution in [-0.2, 0) is 9.59 Å². The second kappa shape index (κ2) is 11.5. The highest BCUT2D eigenvalue weighted by Gasteiger charge is 2.20. The number of rotatable bonds is 9. The molecule has 1 aliphatic rings. The van der Waals surface area contributed by atoms with Gasteiger partial charge in [0.15, 0.2) is 0 Å². The third-order valence-corrected chi connectivity index (χ3v) is 4.63. The van der Waals surface area contributed by atoms with Crippen LogP contribution in [0, 0.1) is 0 Å². The van der Waals surface area contributed by atoms with Crippen molar-refractivity contribution in [3.8, 4) is 0 Å². The minimum atomic E-state index is -0.492. The Bertz CT molecular complexity index is 610. The first kappa shape index (κ1) is 21.1. The molecule has 1 fully saturated rings. The standard InChI is InChI=1S/C21H32N4O2/c1-3-11-22-21(27)18(2)23-20(26)17-25-15-13-24(14-16-25)12-7-10-19-8-5-4-6-9-19/h4-10,18H,3,11-17H2,1-2H3,(H,22,27)(H,23,26)/b10-7+/t18-/m0/s1. The first-order valence-corrected chi connectivity index (χ1v) is 9.82. The number of piperazine rings is 1. The number of nitrogens with zero attached hydrogens (tertiary/aromatic N) is 2. The molecule has 0 bridgehead atoms. The molecule has 27 heavy (non-hydrogen) atoms. The average Bonchev–Trinajstić information content (AvgIpc) is 2.68. The molecule has 1 saturated heterocycles. The van der Waals surface area contributed by atoms with Gasteiger partial charge in [-0.15, -0.1) is 0 Å². The summed E-state index contributed by atoms with van der Waals surface area (Å²) in [4.78, 5) is 28.5. The quantitative estimate of drug-likeness (QED) is 0.687. The largest absolute Gasteiger partial charge is 0.354 e. The highest BCUT2D eigenvalue weighted by Crippen LogP contribution is 2.04. The summed E-state index contributed by atoms with van der Waals surface area (Å²) < 4.78 is 0. The molecule has 0 radical (unpaired) electrons. The third kappa shape index (κ3) is 7.93. The van der Waals surface area contributed by atoms with E-state index in [1.54, 1.807) is 6.92 Å². The fraction of sp³-hybridized carbons (Fsp3) is 0.524. The van der Waals surface area contributed by atoms with Crippen molar-refractivity contribution in [1.82, 2.24) is 20.4 Å². The lowest BCUT2D eigenvalue weighted by atomic mass is 10.2. The maximum Gasteiger partial charge on any atom is 0.242 e. The number of nitrogens with one attached hydrogen (secondary N) is 2. The zero-order valence-corrected chi connectivity index (χ0v) is 16.5. The van der Waals surface area contributed by atoms with Gasteiger partial charge in [0.25, 0.3) is 0 Å². The van der Waals surface area contributed by atoms with Crippen molar-refractivity contribution in [2.45, 2.75) is 26.3 Å². The van der Waals surface area contributed by atoms with E-state index in [9.17, 15) is 9.59 Å². The van der Waals surface area contributed by atoms with Crippen molar-refractivity contribution in [1.29, 1.82) is 0 Å². The fourth-order valence-corrected chi connectivity index (χ4v) is 2.99. The van der Waals surface area contributed by atoms with E-state index < -0.39 is 6.04 Å². The van der Waals surface area contributed by atoms with E-state index >= 15 is 0 Å². The first-order chi connectivity index (χ1) is 13.1. The molecule has 1 aromatic rings. The molecule has 6 heteroatoms. The van der Waals surface area contributed by atoms with Gasteiger partial charge in [-0.05, 0) is 18.9 Å². The summed E-state index contributed by atoms with van der Waals surface area (Å²) in [7, 11) is 0. The Morgan fingerprint density at radius 3 is 2.44 bits per heavy atom. The normalized spacial score (nSPS) is 17.0. The third-order valence-electron chi connectivity index (χ3n) is 4.63. The number of hydrogen-bond acceptors (Lipinski definition) is 4. The zero-order chi connectivity index (χ0) is 19.5. The Hall–Kier alpha value is -2.18. The van der Waals surface area contributed by atoms with Crippen LogP contribution < -0.4 is 10.6 Å². The van der Waals surface area contributed by atoms with Crippen molar-refractivity contribution in [3.05, 3.63) is 42.0 Å². The van der Waals surface area contributed by atoms with Gasteiger partial charge in [-0.25, -0.2) is 0 Å². The van der Waals surface area contributed by atoms with Crippen LogP contribution in [0.5, 0.6) is 0 Å². The van der Waals surface area contributed by atoms with E-state index in [-0.39, 0.29) is 11.8 Å². The molecule has 1 aromatic carbocycles. The van der Waals surface area contributed by atoms with Crippen LogP contribution in [-0.4, -0.2) is 73.5 Å². The van der Waals surface area contributed by atoms with Gasteiger partial charge in [-0.1, -0.05) is 49.4 Å². The lowest BCUT2D eigenvalue weighted by Crippen LogP contribution is -2.52. The van der Waals surface area contributed by atoms with Crippen LogP contribution >= 0.6 is 0 Å². The molecule has 0 saturated carbocycles. The molecule has 148 valence electrons. The van der Waals surface area contributed by atoms with Gasteiger partial charge in [0.1, 0.15) is 6.04 Å². The van der Waals surface area contributed by atoms with Crippen LogP contribution in [0.4, 0.5) is 0 Å². The molecule has 2 amide bonds. The summed E-state index contributed by atoms with van der Waals surface area (Å²) in [6.07, 6.45) is 5.22. The van der Waals surface area contributed by atoms with Crippen LogP contribution in [0.2, 0.25) is 0 Å². The van der Waals surface area contributed by atoms with Gasteiger partial charge in [0, 0.05) is 39.3 Å². The molecule has 0 aromatic heterocycles. The fourth-order valence-electron chi connectivity index (χ4n) is 2.99. The molecule has 0 unspecified atom stereocenters. The van der Waals surface area contributed by atoms with Gasteiger partial charge in [-0.2, -0.15) is 0 Å². The summed E-state index contributed by atoms with van der Waals surface area (Å²) in [5.74, 6) is -0.216. The smallest absolute Gasteiger partial charge is 0.242 e. The van der Waals surface area contributed by atoms with Gasteiger partial charge in [0.05, 0.1) is 6.54 Å². The molecule has 1 heterocycles. The Morgan fingerprint density at radius 2 is 1.78 bits per heavy atom. The van der Waals surface area contributed by atoms with Crippen LogP contribution in [0.3, 0.4) is 0 Å². The molecule has 2 N–H and O–H groups in total. The van der Waals surface area contributed by atoms with Crippen LogP contribution in [0.1, 0.15) is 25.8 Å². The second-order valence-electron chi connectivity index (χ2n) is 6.97. The molecule has 0 spiro atoms. The Balaban J connectivity index is 1.64. The number of carbonyl (C=O) groups is 2. The average molecular weight is 373 g/mol. The number of amides is 2. The molecular formula is C21H32N4O2. The number of benzene rings is 1. The summed E-state index contributed by atoms with van der Waals surface area (Å²) in [6, 6.07) is 9.79. The number of carbonyl (C=O) groups excluding carboxylic acids is 2.